The lowest BCUT2D eigenvalue weighted by Crippen LogP contribution is -2.39. The molecule has 9 heteroatoms. The molecule has 3 heterocycles. The molecule has 1 aliphatic carbocycles. The number of ether oxygens (including phenoxy) is 3. The van der Waals surface area contributed by atoms with E-state index in [2.05, 4.69) is 21.9 Å². The van der Waals surface area contributed by atoms with Crippen LogP contribution in [-0.4, -0.2) is 54.9 Å². The first-order valence-electron chi connectivity index (χ1n) is 14.9. The number of halogens is 2. The molecule has 7 nitrogen and oxygen atoms in total. The molecule has 0 amide bonds. The van der Waals surface area contributed by atoms with E-state index in [4.69, 9.17) is 25.8 Å². The van der Waals surface area contributed by atoms with Gasteiger partial charge in [-0.2, -0.15) is 0 Å². The number of carbonyl (C=O) groups excluding carboxylic acids is 1. The van der Waals surface area contributed by atoms with Gasteiger partial charge in [-0.05, 0) is 80.2 Å². The topological polar surface area (TPSA) is 82.6 Å². The second kappa shape index (κ2) is 13.7. The van der Waals surface area contributed by atoms with Crippen molar-refractivity contribution >= 4 is 23.2 Å². The summed E-state index contributed by atoms with van der Waals surface area (Å²) in [6, 6.07) is 7.25. The van der Waals surface area contributed by atoms with Gasteiger partial charge in [0, 0.05) is 37.2 Å². The van der Waals surface area contributed by atoms with Crippen molar-refractivity contribution in [3.8, 4) is 0 Å². The van der Waals surface area contributed by atoms with Gasteiger partial charge in [-0.1, -0.05) is 37.3 Å². The van der Waals surface area contributed by atoms with Crippen molar-refractivity contribution in [1.82, 2.24) is 9.97 Å². The Bertz CT molecular complexity index is 1220. The molecule has 2 aliphatic heterocycles. The van der Waals surface area contributed by atoms with Gasteiger partial charge in [-0.15, -0.1) is 0 Å². The second-order valence-corrected chi connectivity index (χ2v) is 12.0. The number of rotatable bonds is 12. The zero-order valence-corrected chi connectivity index (χ0v) is 24.6. The number of alkyl halides is 1. The first kappa shape index (κ1) is 30.1. The number of nitrogens with one attached hydrogen (secondary N) is 1. The predicted molar refractivity (Wildman–Crippen MR) is 157 cm³/mol. The first-order valence-corrected chi connectivity index (χ1v) is 15.3. The second-order valence-electron chi connectivity index (χ2n) is 11.7. The summed E-state index contributed by atoms with van der Waals surface area (Å²) in [6.45, 7) is 8.11. The van der Waals surface area contributed by atoms with Crippen molar-refractivity contribution in [3.05, 3.63) is 64.6 Å². The molecule has 0 bridgehead atoms. The Morgan fingerprint density at radius 2 is 2.10 bits per heavy atom. The Hall–Kier alpha value is -2.39. The highest BCUT2D eigenvalue weighted by Gasteiger charge is 2.33. The van der Waals surface area contributed by atoms with Crippen LogP contribution in [0.3, 0.4) is 0 Å². The average molecular weight is 586 g/mol. The molecule has 0 saturated carbocycles. The first-order chi connectivity index (χ1) is 19.8. The SMILES string of the molecule is C=CC(F)(COC1COC1)c1cccc([C@@H](C)Nc2nc(Cl)nc3c2CC(CCC(=O)C2CCCCOCC2)C3)c1. The van der Waals surface area contributed by atoms with Gasteiger partial charge >= 0.3 is 0 Å². The number of carbonyl (C=O) groups is 1. The van der Waals surface area contributed by atoms with Crippen molar-refractivity contribution < 1.29 is 23.4 Å². The van der Waals surface area contributed by atoms with Crippen molar-refractivity contribution in [1.29, 1.82) is 0 Å². The monoisotopic (exact) mass is 585 g/mol. The zero-order chi connectivity index (χ0) is 28.8. The van der Waals surface area contributed by atoms with Gasteiger partial charge in [0.15, 0.2) is 5.67 Å². The molecule has 1 aromatic carbocycles. The minimum absolute atomic E-state index is 0.0728. The minimum Gasteiger partial charge on any atom is -0.381 e. The standard InChI is InChI=1S/C32H41ClFN3O4/c1-3-32(34,20-41-26-18-40-19-26)25-9-6-8-24(17-25)21(2)35-30-27-15-22(16-28(27)36-31(33)37-30)10-11-29(38)23-7-4-5-13-39-14-12-23/h3,6,8-9,17,21-23,26H,1,4-5,7,10-16,18-20H2,2H3,(H,35,36,37)/t21-,22?,23?,32?/m1/s1. The Kier molecular flexibility index (Phi) is 10.1. The van der Waals surface area contributed by atoms with Gasteiger partial charge in [0.05, 0.1) is 25.5 Å². The number of Topliss-reactive ketones (excluding diaryl/α,β-unsaturated/α-hetero) is 1. The van der Waals surface area contributed by atoms with Crippen molar-refractivity contribution in [3.63, 3.8) is 0 Å². The largest absolute Gasteiger partial charge is 0.381 e. The molecule has 2 saturated heterocycles. The summed E-state index contributed by atoms with van der Waals surface area (Å²) in [7, 11) is 0. The molecule has 2 aromatic rings. The number of ketones is 1. The molecule has 222 valence electrons. The van der Waals surface area contributed by atoms with Crippen LogP contribution in [0.5, 0.6) is 0 Å². The highest BCUT2D eigenvalue weighted by molar-refractivity contribution is 6.28. The lowest BCUT2D eigenvalue weighted by molar-refractivity contribution is -0.145. The van der Waals surface area contributed by atoms with Gasteiger partial charge in [0.1, 0.15) is 17.7 Å². The highest BCUT2D eigenvalue weighted by Crippen LogP contribution is 2.36. The third-order valence-electron chi connectivity index (χ3n) is 8.68. The fraction of sp³-hybridized carbons (Fsp3) is 0.594. The van der Waals surface area contributed by atoms with E-state index < -0.39 is 5.67 Å². The van der Waals surface area contributed by atoms with Crippen molar-refractivity contribution in [2.24, 2.45) is 11.8 Å². The van der Waals surface area contributed by atoms with E-state index in [9.17, 15) is 4.79 Å². The predicted octanol–water partition coefficient (Wildman–Crippen LogP) is 6.34. The molecular formula is C32H41ClFN3O4. The number of aromatic nitrogens is 2. The maximum Gasteiger partial charge on any atom is 0.224 e. The molecule has 41 heavy (non-hydrogen) atoms. The highest BCUT2D eigenvalue weighted by atomic mass is 35.5. The van der Waals surface area contributed by atoms with Crippen LogP contribution in [0.25, 0.3) is 0 Å². The smallest absolute Gasteiger partial charge is 0.224 e. The maximum absolute atomic E-state index is 15.8. The molecule has 0 spiro atoms. The van der Waals surface area contributed by atoms with Crippen LogP contribution >= 0.6 is 11.6 Å². The van der Waals surface area contributed by atoms with E-state index in [0.29, 0.717) is 49.3 Å². The van der Waals surface area contributed by atoms with E-state index in [0.717, 1.165) is 68.4 Å². The summed E-state index contributed by atoms with van der Waals surface area (Å²) in [4.78, 5) is 22.0. The summed E-state index contributed by atoms with van der Waals surface area (Å²) in [5, 5.41) is 3.70. The Morgan fingerprint density at radius 1 is 1.24 bits per heavy atom. The molecule has 3 unspecified atom stereocenters. The molecule has 4 atom stereocenters. The average Bonchev–Trinajstić information content (AvgIpc) is 3.33. The summed E-state index contributed by atoms with van der Waals surface area (Å²) >= 11 is 6.33. The van der Waals surface area contributed by atoms with Crippen LogP contribution < -0.4 is 5.32 Å². The van der Waals surface area contributed by atoms with Crippen LogP contribution in [0, 0.1) is 11.8 Å². The quantitative estimate of drug-likeness (QED) is 0.230. The van der Waals surface area contributed by atoms with Gasteiger partial charge in [0.2, 0.25) is 5.28 Å². The van der Waals surface area contributed by atoms with Gasteiger partial charge in [-0.3, -0.25) is 4.79 Å². The van der Waals surface area contributed by atoms with E-state index in [1.165, 1.54) is 6.08 Å². The Balaban J connectivity index is 1.22. The summed E-state index contributed by atoms with van der Waals surface area (Å²) in [5.41, 5.74) is 1.59. The van der Waals surface area contributed by atoms with Crippen LogP contribution in [-0.2, 0) is 37.5 Å². The molecule has 1 N–H and O–H groups in total. The molecule has 1 aromatic heterocycles. The molecule has 3 aliphatic rings. The summed E-state index contributed by atoms with van der Waals surface area (Å²) < 4.78 is 32.3. The number of fused-ring (bicyclic) bond motifs is 1. The fourth-order valence-corrected chi connectivity index (χ4v) is 6.13. The number of hydrogen-bond donors (Lipinski definition) is 1. The normalized spacial score (nSPS) is 23.4. The number of hydrogen-bond acceptors (Lipinski definition) is 7. The number of anilines is 1. The van der Waals surface area contributed by atoms with E-state index in [1.54, 1.807) is 6.07 Å². The Morgan fingerprint density at radius 3 is 2.88 bits per heavy atom. The van der Waals surface area contributed by atoms with Gasteiger partial charge < -0.3 is 19.5 Å². The van der Waals surface area contributed by atoms with Crippen LogP contribution in [0.4, 0.5) is 10.2 Å². The van der Waals surface area contributed by atoms with Crippen molar-refractivity contribution in [2.75, 3.05) is 38.4 Å². The third kappa shape index (κ3) is 7.53. The minimum atomic E-state index is -1.81. The molecular weight excluding hydrogens is 545 g/mol. The Labute approximate surface area is 247 Å². The van der Waals surface area contributed by atoms with E-state index in [1.807, 2.05) is 25.1 Å². The van der Waals surface area contributed by atoms with E-state index in [-0.39, 0.29) is 30.0 Å². The molecule has 5 rings (SSSR count). The van der Waals surface area contributed by atoms with Crippen LogP contribution in [0.1, 0.15) is 73.9 Å². The zero-order valence-electron chi connectivity index (χ0n) is 23.9. The lowest BCUT2D eigenvalue weighted by atomic mass is 9.88. The molecule has 0 radical (unpaired) electrons. The summed E-state index contributed by atoms with van der Waals surface area (Å²) in [5.74, 6) is 1.50. The van der Waals surface area contributed by atoms with Crippen LogP contribution in [0.15, 0.2) is 36.9 Å². The van der Waals surface area contributed by atoms with E-state index >= 15 is 4.39 Å². The van der Waals surface area contributed by atoms with Crippen molar-refractivity contribution in [2.45, 2.75) is 76.1 Å². The van der Waals surface area contributed by atoms with Gasteiger partial charge in [-0.25, -0.2) is 14.4 Å². The third-order valence-corrected chi connectivity index (χ3v) is 8.85. The number of nitrogens with zero attached hydrogens (tertiary/aromatic N) is 2. The van der Waals surface area contributed by atoms with Crippen LogP contribution in [0.2, 0.25) is 5.28 Å². The summed E-state index contributed by atoms with van der Waals surface area (Å²) in [6.07, 6.45) is 8.12. The molecule has 2 fully saturated rings. The van der Waals surface area contributed by atoms with Gasteiger partial charge in [0.25, 0.3) is 0 Å². The fourth-order valence-electron chi connectivity index (χ4n) is 5.95. The maximum atomic E-state index is 15.8. The lowest BCUT2D eigenvalue weighted by Gasteiger charge is -2.30. The number of benzene rings is 1.